The summed E-state index contributed by atoms with van der Waals surface area (Å²) in [5.74, 6) is 1.21. The van der Waals surface area contributed by atoms with Gasteiger partial charge in [0.15, 0.2) is 0 Å². The van der Waals surface area contributed by atoms with Crippen molar-refractivity contribution in [1.82, 2.24) is 24.9 Å². The molecule has 2 rings (SSSR count). The summed E-state index contributed by atoms with van der Waals surface area (Å²) in [5, 5.41) is 3.09. The fourth-order valence-electron chi connectivity index (χ4n) is 1.79. The lowest BCUT2D eigenvalue weighted by atomic mass is 10.4. The van der Waals surface area contributed by atoms with Gasteiger partial charge < -0.3 is 16.0 Å². The van der Waals surface area contributed by atoms with Crippen molar-refractivity contribution < 1.29 is 0 Å². The van der Waals surface area contributed by atoms with Gasteiger partial charge in [0.1, 0.15) is 0 Å². The number of rotatable bonds is 6. The van der Waals surface area contributed by atoms with Gasteiger partial charge in [-0.25, -0.2) is 0 Å². The summed E-state index contributed by atoms with van der Waals surface area (Å²) in [6.45, 7) is 8.07. The van der Waals surface area contributed by atoms with Crippen molar-refractivity contribution in [2.24, 2.45) is 0 Å². The molecule has 0 radical (unpaired) electrons. The zero-order valence-electron chi connectivity index (χ0n) is 12.5. The largest absolute Gasteiger partial charge is 0.368 e. The first-order valence-corrected chi connectivity index (χ1v) is 6.90. The van der Waals surface area contributed by atoms with Crippen LogP contribution in [0.4, 0.5) is 17.8 Å². The smallest absolute Gasteiger partial charge is 0.231 e. The Bertz CT molecular complexity index is 579. The van der Waals surface area contributed by atoms with E-state index in [0.717, 1.165) is 24.5 Å². The number of nitrogens with one attached hydrogen (secondary N) is 1. The van der Waals surface area contributed by atoms with Crippen molar-refractivity contribution in [3.63, 3.8) is 0 Å². The summed E-state index contributed by atoms with van der Waals surface area (Å²) < 4.78 is 0. The number of anilines is 3. The number of hydrogen-bond acceptors (Lipinski definition) is 8. The molecule has 0 bridgehead atoms. The Morgan fingerprint density at radius 2 is 1.86 bits per heavy atom. The summed E-state index contributed by atoms with van der Waals surface area (Å²) >= 11 is 0. The monoisotopic (exact) mass is 288 g/mol. The minimum Gasteiger partial charge on any atom is -0.368 e. The third kappa shape index (κ3) is 3.98. The van der Waals surface area contributed by atoms with Gasteiger partial charge in [-0.15, -0.1) is 0 Å². The van der Waals surface area contributed by atoms with Gasteiger partial charge in [-0.05, 0) is 20.8 Å². The summed E-state index contributed by atoms with van der Waals surface area (Å²) in [6, 6.07) is 0. The van der Waals surface area contributed by atoms with Gasteiger partial charge in [0.25, 0.3) is 0 Å². The molecule has 0 aliphatic rings. The van der Waals surface area contributed by atoms with Crippen LogP contribution in [0.1, 0.15) is 25.2 Å². The summed E-state index contributed by atoms with van der Waals surface area (Å²) in [7, 11) is 0. The SMILES string of the molecule is CCN(CC)c1nc(N)nc(NCc2cnc(C)cn2)n1. The van der Waals surface area contributed by atoms with Crippen molar-refractivity contribution in [3.05, 3.63) is 23.8 Å². The van der Waals surface area contributed by atoms with E-state index in [1.165, 1.54) is 0 Å². The second-order valence-corrected chi connectivity index (χ2v) is 4.49. The van der Waals surface area contributed by atoms with E-state index in [1.54, 1.807) is 12.4 Å². The van der Waals surface area contributed by atoms with E-state index in [0.29, 0.717) is 18.4 Å². The molecule has 21 heavy (non-hydrogen) atoms. The van der Waals surface area contributed by atoms with E-state index >= 15 is 0 Å². The van der Waals surface area contributed by atoms with Crippen LogP contribution in [0.2, 0.25) is 0 Å². The Hall–Kier alpha value is -2.51. The molecule has 3 N–H and O–H groups in total. The van der Waals surface area contributed by atoms with Crippen LogP contribution >= 0.6 is 0 Å². The first-order valence-electron chi connectivity index (χ1n) is 6.90. The molecule has 0 saturated heterocycles. The van der Waals surface area contributed by atoms with Gasteiger partial charge in [-0.3, -0.25) is 9.97 Å². The van der Waals surface area contributed by atoms with Crippen LogP contribution in [-0.2, 0) is 6.54 Å². The van der Waals surface area contributed by atoms with Crippen molar-refractivity contribution in [2.45, 2.75) is 27.3 Å². The average molecular weight is 288 g/mol. The van der Waals surface area contributed by atoms with Crippen LogP contribution in [0.25, 0.3) is 0 Å². The molecule has 0 spiro atoms. The highest BCUT2D eigenvalue weighted by Gasteiger charge is 2.09. The Labute approximate surface area is 123 Å². The number of nitrogen functional groups attached to an aromatic ring is 1. The highest BCUT2D eigenvalue weighted by Crippen LogP contribution is 2.12. The molecule has 2 aromatic heterocycles. The molecule has 0 fully saturated rings. The number of hydrogen-bond donors (Lipinski definition) is 2. The van der Waals surface area contributed by atoms with Crippen LogP contribution in [0.15, 0.2) is 12.4 Å². The second kappa shape index (κ2) is 6.78. The summed E-state index contributed by atoms with van der Waals surface area (Å²) in [5.41, 5.74) is 7.43. The van der Waals surface area contributed by atoms with E-state index in [9.17, 15) is 0 Å². The highest BCUT2D eigenvalue weighted by molar-refractivity contribution is 5.41. The molecule has 0 aromatic carbocycles. The lowest BCUT2D eigenvalue weighted by Gasteiger charge is -2.18. The van der Waals surface area contributed by atoms with Crippen molar-refractivity contribution in [1.29, 1.82) is 0 Å². The zero-order valence-corrected chi connectivity index (χ0v) is 12.5. The van der Waals surface area contributed by atoms with Crippen LogP contribution in [-0.4, -0.2) is 38.0 Å². The van der Waals surface area contributed by atoms with Crippen LogP contribution in [0.3, 0.4) is 0 Å². The molecule has 0 atom stereocenters. The van der Waals surface area contributed by atoms with Gasteiger partial charge in [0.05, 0.1) is 24.1 Å². The van der Waals surface area contributed by atoms with E-state index in [1.807, 2.05) is 25.7 Å². The van der Waals surface area contributed by atoms with Gasteiger partial charge in [-0.2, -0.15) is 15.0 Å². The molecular formula is C13H20N8. The molecule has 0 aliphatic carbocycles. The Morgan fingerprint density at radius 1 is 1.10 bits per heavy atom. The Morgan fingerprint density at radius 3 is 2.48 bits per heavy atom. The fourth-order valence-corrected chi connectivity index (χ4v) is 1.79. The van der Waals surface area contributed by atoms with Crippen LogP contribution in [0.5, 0.6) is 0 Å². The lowest BCUT2D eigenvalue weighted by molar-refractivity contribution is 0.813. The van der Waals surface area contributed by atoms with E-state index < -0.39 is 0 Å². The Kier molecular flexibility index (Phi) is 4.81. The van der Waals surface area contributed by atoms with Gasteiger partial charge >= 0.3 is 0 Å². The molecular weight excluding hydrogens is 268 g/mol. The molecule has 8 nitrogen and oxygen atoms in total. The minimum atomic E-state index is 0.199. The zero-order chi connectivity index (χ0) is 15.2. The summed E-state index contributed by atoms with van der Waals surface area (Å²) in [4.78, 5) is 23.1. The maximum absolute atomic E-state index is 5.74. The highest BCUT2D eigenvalue weighted by atomic mass is 15.3. The molecule has 2 aromatic rings. The molecule has 0 aliphatic heterocycles. The van der Waals surface area contributed by atoms with Crippen molar-refractivity contribution in [3.8, 4) is 0 Å². The lowest BCUT2D eigenvalue weighted by Crippen LogP contribution is -2.25. The van der Waals surface area contributed by atoms with Crippen molar-refractivity contribution >= 4 is 17.8 Å². The normalized spacial score (nSPS) is 10.4. The predicted octanol–water partition coefficient (Wildman–Crippen LogP) is 1.01. The number of nitrogens with zero attached hydrogens (tertiary/aromatic N) is 6. The van der Waals surface area contributed by atoms with E-state index in [4.69, 9.17) is 5.73 Å². The number of nitrogens with two attached hydrogens (primary N) is 1. The first-order chi connectivity index (χ1) is 10.1. The van der Waals surface area contributed by atoms with Crippen LogP contribution < -0.4 is 16.0 Å². The average Bonchev–Trinajstić information content (AvgIpc) is 2.47. The fraction of sp³-hybridized carbons (Fsp3) is 0.462. The molecule has 0 unspecified atom stereocenters. The van der Waals surface area contributed by atoms with Crippen molar-refractivity contribution in [2.75, 3.05) is 29.0 Å². The first kappa shape index (κ1) is 14.9. The maximum atomic E-state index is 5.74. The topological polar surface area (TPSA) is 106 Å². The predicted molar refractivity (Wildman–Crippen MR) is 81.9 cm³/mol. The third-order valence-corrected chi connectivity index (χ3v) is 2.95. The minimum absolute atomic E-state index is 0.199. The quantitative estimate of drug-likeness (QED) is 0.811. The molecule has 2 heterocycles. The van der Waals surface area contributed by atoms with E-state index in [2.05, 4.69) is 30.2 Å². The molecule has 8 heteroatoms. The van der Waals surface area contributed by atoms with Crippen LogP contribution in [0, 0.1) is 6.92 Å². The maximum Gasteiger partial charge on any atom is 0.231 e. The molecule has 0 saturated carbocycles. The summed E-state index contributed by atoms with van der Waals surface area (Å²) in [6.07, 6.45) is 3.44. The molecule has 112 valence electrons. The number of aryl methyl sites for hydroxylation is 1. The van der Waals surface area contributed by atoms with Gasteiger partial charge in [0.2, 0.25) is 17.8 Å². The Balaban J connectivity index is 2.10. The van der Waals surface area contributed by atoms with Gasteiger partial charge in [-0.1, -0.05) is 0 Å². The second-order valence-electron chi connectivity index (χ2n) is 4.49. The van der Waals surface area contributed by atoms with Gasteiger partial charge in [0, 0.05) is 19.3 Å². The van der Waals surface area contributed by atoms with E-state index in [-0.39, 0.29) is 5.95 Å². The molecule has 0 amide bonds. The standard InChI is InChI=1S/C13H20N8/c1-4-21(5-2)13-19-11(14)18-12(20-13)17-8-10-7-15-9(3)6-16-10/h6-7H,4-5,8H2,1-3H3,(H3,14,17,18,19,20). The third-order valence-electron chi connectivity index (χ3n) is 2.95. The number of aromatic nitrogens is 5.